The summed E-state index contributed by atoms with van der Waals surface area (Å²) in [6.07, 6.45) is 0.699. The van der Waals surface area contributed by atoms with E-state index in [1.165, 1.54) is 4.90 Å². The number of hydrogen-bond donors (Lipinski definition) is 2. The zero-order valence-corrected chi connectivity index (χ0v) is 11.3. The lowest BCUT2D eigenvalue weighted by molar-refractivity contribution is -0.384. The minimum Gasteiger partial charge on any atom is -0.397 e. The Bertz CT molecular complexity index is 564. The third-order valence-electron chi connectivity index (χ3n) is 3.39. The van der Waals surface area contributed by atoms with Gasteiger partial charge in [0.05, 0.1) is 21.2 Å². The van der Waals surface area contributed by atoms with Gasteiger partial charge in [-0.05, 0) is 6.42 Å². The summed E-state index contributed by atoms with van der Waals surface area (Å²) in [6, 6.07) is 2.25. The summed E-state index contributed by atoms with van der Waals surface area (Å²) in [5.41, 5.74) is 5.53. The molecule has 1 saturated heterocycles. The molecule has 20 heavy (non-hydrogen) atoms. The first-order valence-corrected chi connectivity index (χ1v) is 6.45. The SMILES string of the molecule is Nc1c(Cl)cc([N+](=O)[O-])cc1C(=O)N1CCC(CO)C1. The van der Waals surface area contributed by atoms with Crippen LogP contribution in [0, 0.1) is 16.0 Å². The third-order valence-corrected chi connectivity index (χ3v) is 3.70. The number of aliphatic hydroxyl groups is 1. The second kappa shape index (κ2) is 5.64. The number of nitro benzene ring substituents is 1. The highest BCUT2D eigenvalue weighted by atomic mass is 35.5. The van der Waals surface area contributed by atoms with Crippen LogP contribution in [0.3, 0.4) is 0 Å². The number of amides is 1. The molecule has 1 fully saturated rings. The Hall–Kier alpha value is -1.86. The average molecular weight is 300 g/mol. The maximum absolute atomic E-state index is 12.3. The number of benzene rings is 1. The lowest BCUT2D eigenvalue weighted by Crippen LogP contribution is -2.29. The molecule has 0 spiro atoms. The summed E-state index contributed by atoms with van der Waals surface area (Å²) < 4.78 is 0. The van der Waals surface area contributed by atoms with E-state index in [1.807, 2.05) is 0 Å². The molecule has 1 aliphatic rings. The highest BCUT2D eigenvalue weighted by Crippen LogP contribution is 2.30. The van der Waals surface area contributed by atoms with Crippen LogP contribution in [0.1, 0.15) is 16.8 Å². The minimum atomic E-state index is -0.622. The van der Waals surface area contributed by atoms with Crippen molar-refractivity contribution in [2.24, 2.45) is 5.92 Å². The van der Waals surface area contributed by atoms with Gasteiger partial charge in [0.15, 0.2) is 0 Å². The normalized spacial score (nSPS) is 18.3. The van der Waals surface area contributed by atoms with E-state index < -0.39 is 10.8 Å². The summed E-state index contributed by atoms with van der Waals surface area (Å²) in [5.74, 6) is -0.363. The molecule has 1 unspecified atom stereocenters. The Morgan fingerprint density at radius 3 is 2.85 bits per heavy atom. The van der Waals surface area contributed by atoms with Crippen LogP contribution in [0.5, 0.6) is 0 Å². The van der Waals surface area contributed by atoms with Gasteiger partial charge in [0.2, 0.25) is 0 Å². The standard InChI is InChI=1S/C12H14ClN3O4/c13-10-4-8(16(19)20)3-9(11(10)14)12(18)15-2-1-7(5-15)6-17/h3-4,7,17H,1-2,5-6,14H2. The van der Waals surface area contributed by atoms with Crippen molar-refractivity contribution in [1.29, 1.82) is 0 Å². The van der Waals surface area contributed by atoms with Crippen molar-refractivity contribution in [3.63, 3.8) is 0 Å². The predicted octanol–water partition coefficient (Wildman–Crippen LogP) is 1.28. The smallest absolute Gasteiger partial charge is 0.271 e. The van der Waals surface area contributed by atoms with Crippen LogP contribution in [-0.4, -0.2) is 40.5 Å². The van der Waals surface area contributed by atoms with E-state index in [9.17, 15) is 14.9 Å². The number of rotatable bonds is 3. The van der Waals surface area contributed by atoms with Crippen LogP contribution >= 0.6 is 11.6 Å². The zero-order chi connectivity index (χ0) is 14.9. The van der Waals surface area contributed by atoms with Crippen molar-refractivity contribution in [1.82, 2.24) is 4.90 Å². The van der Waals surface area contributed by atoms with Crippen molar-refractivity contribution in [2.45, 2.75) is 6.42 Å². The number of anilines is 1. The Morgan fingerprint density at radius 1 is 1.60 bits per heavy atom. The first-order chi connectivity index (χ1) is 9.43. The molecule has 0 bridgehead atoms. The molecule has 1 atom stereocenters. The predicted molar refractivity (Wildman–Crippen MR) is 73.6 cm³/mol. The number of non-ortho nitro benzene ring substituents is 1. The first kappa shape index (κ1) is 14.5. The van der Waals surface area contributed by atoms with Gasteiger partial charge in [-0.3, -0.25) is 14.9 Å². The molecule has 7 nitrogen and oxygen atoms in total. The second-order valence-corrected chi connectivity index (χ2v) is 5.14. The van der Waals surface area contributed by atoms with Crippen molar-refractivity contribution < 1.29 is 14.8 Å². The maximum Gasteiger partial charge on any atom is 0.271 e. The van der Waals surface area contributed by atoms with Gasteiger partial charge in [-0.2, -0.15) is 0 Å². The summed E-state index contributed by atoms with van der Waals surface area (Å²) in [4.78, 5) is 24.0. The van der Waals surface area contributed by atoms with Gasteiger partial charge in [-0.25, -0.2) is 0 Å². The van der Waals surface area contributed by atoms with E-state index >= 15 is 0 Å². The first-order valence-electron chi connectivity index (χ1n) is 6.07. The van der Waals surface area contributed by atoms with Gasteiger partial charge in [0.25, 0.3) is 11.6 Å². The van der Waals surface area contributed by atoms with Crippen LogP contribution < -0.4 is 5.73 Å². The van der Waals surface area contributed by atoms with Gasteiger partial charge in [-0.15, -0.1) is 0 Å². The van der Waals surface area contributed by atoms with Crippen molar-refractivity contribution in [3.8, 4) is 0 Å². The van der Waals surface area contributed by atoms with E-state index in [0.717, 1.165) is 12.1 Å². The maximum atomic E-state index is 12.3. The molecule has 108 valence electrons. The summed E-state index contributed by atoms with van der Waals surface area (Å²) in [6.45, 7) is 0.911. The molecular formula is C12H14ClN3O4. The Kier molecular flexibility index (Phi) is 4.10. The molecule has 1 aromatic rings. The van der Waals surface area contributed by atoms with E-state index in [-0.39, 0.29) is 34.5 Å². The highest BCUT2D eigenvalue weighted by molar-refractivity contribution is 6.34. The molecule has 2 rings (SSSR count). The number of nitrogens with two attached hydrogens (primary N) is 1. The topological polar surface area (TPSA) is 110 Å². The lowest BCUT2D eigenvalue weighted by atomic mass is 10.1. The van der Waals surface area contributed by atoms with Gasteiger partial charge < -0.3 is 15.7 Å². The van der Waals surface area contributed by atoms with Gasteiger partial charge >= 0.3 is 0 Å². The van der Waals surface area contributed by atoms with Crippen LogP contribution in [0.4, 0.5) is 11.4 Å². The molecular weight excluding hydrogens is 286 g/mol. The number of likely N-dealkylation sites (tertiary alicyclic amines) is 1. The zero-order valence-electron chi connectivity index (χ0n) is 10.6. The van der Waals surface area contributed by atoms with Crippen LogP contribution in [0.2, 0.25) is 5.02 Å². The number of nitrogen functional groups attached to an aromatic ring is 1. The molecule has 0 saturated carbocycles. The van der Waals surface area contributed by atoms with Gasteiger partial charge in [0.1, 0.15) is 0 Å². The molecule has 1 aromatic carbocycles. The number of nitrogens with zero attached hydrogens (tertiary/aromatic N) is 2. The van der Waals surface area contributed by atoms with E-state index in [2.05, 4.69) is 0 Å². The minimum absolute atomic E-state index is 0.00888. The largest absolute Gasteiger partial charge is 0.397 e. The Labute approximate surface area is 120 Å². The molecule has 1 heterocycles. The molecule has 3 N–H and O–H groups in total. The second-order valence-electron chi connectivity index (χ2n) is 4.73. The Morgan fingerprint density at radius 2 is 2.30 bits per heavy atom. The van der Waals surface area contributed by atoms with Gasteiger partial charge in [0, 0.05) is 37.7 Å². The number of carbonyl (C=O) groups is 1. The van der Waals surface area contributed by atoms with Crippen LogP contribution in [0.15, 0.2) is 12.1 Å². The molecule has 1 amide bonds. The molecule has 0 aliphatic carbocycles. The van der Waals surface area contributed by atoms with Crippen molar-refractivity contribution in [2.75, 3.05) is 25.4 Å². The number of nitro groups is 1. The number of aliphatic hydroxyl groups excluding tert-OH is 1. The van der Waals surface area contributed by atoms with E-state index in [4.69, 9.17) is 22.4 Å². The van der Waals surface area contributed by atoms with E-state index in [0.29, 0.717) is 19.5 Å². The van der Waals surface area contributed by atoms with Crippen molar-refractivity contribution in [3.05, 3.63) is 32.8 Å². The number of halogens is 1. The average Bonchev–Trinajstić information content (AvgIpc) is 2.89. The molecule has 0 aromatic heterocycles. The fourth-order valence-corrected chi connectivity index (χ4v) is 2.44. The van der Waals surface area contributed by atoms with Crippen LogP contribution in [0.25, 0.3) is 0 Å². The Balaban J connectivity index is 2.32. The lowest BCUT2D eigenvalue weighted by Gasteiger charge is -2.17. The monoisotopic (exact) mass is 299 g/mol. The van der Waals surface area contributed by atoms with Crippen molar-refractivity contribution >= 4 is 28.9 Å². The quantitative estimate of drug-likeness (QED) is 0.496. The number of carbonyl (C=O) groups excluding carboxylic acids is 1. The fraction of sp³-hybridized carbons (Fsp3) is 0.417. The van der Waals surface area contributed by atoms with E-state index in [1.54, 1.807) is 0 Å². The third kappa shape index (κ3) is 2.68. The molecule has 0 radical (unpaired) electrons. The van der Waals surface area contributed by atoms with Crippen LogP contribution in [-0.2, 0) is 0 Å². The fourth-order valence-electron chi connectivity index (χ4n) is 2.22. The van der Waals surface area contributed by atoms with Gasteiger partial charge in [-0.1, -0.05) is 11.6 Å². The summed E-state index contributed by atoms with van der Waals surface area (Å²) >= 11 is 5.83. The molecule has 1 aliphatic heterocycles. The highest BCUT2D eigenvalue weighted by Gasteiger charge is 2.29. The molecule has 8 heteroatoms. The number of hydrogen-bond acceptors (Lipinski definition) is 5. The summed E-state index contributed by atoms with van der Waals surface area (Å²) in [5, 5.41) is 19.9. The summed E-state index contributed by atoms with van der Waals surface area (Å²) in [7, 11) is 0.